The van der Waals surface area contributed by atoms with Crippen molar-refractivity contribution in [3.05, 3.63) is 11.8 Å². The summed E-state index contributed by atoms with van der Waals surface area (Å²) in [5, 5.41) is 7.42. The third kappa shape index (κ3) is 4.24. The summed E-state index contributed by atoms with van der Waals surface area (Å²) in [5.41, 5.74) is 0.862. The first-order valence-corrected chi connectivity index (χ1v) is 9.54. The molecule has 2 aliphatic heterocycles. The van der Waals surface area contributed by atoms with E-state index in [4.69, 9.17) is 4.74 Å². The summed E-state index contributed by atoms with van der Waals surface area (Å²) in [6, 6.07) is 1.40. The van der Waals surface area contributed by atoms with Crippen molar-refractivity contribution in [3.63, 3.8) is 0 Å². The van der Waals surface area contributed by atoms with Crippen LogP contribution in [0, 0.1) is 6.92 Å². The molecule has 0 spiro atoms. The van der Waals surface area contributed by atoms with Crippen LogP contribution in [0.3, 0.4) is 0 Å². The molecule has 8 heteroatoms. The molecule has 26 heavy (non-hydrogen) atoms. The number of rotatable bonds is 7. The Balaban J connectivity index is 1.55. The van der Waals surface area contributed by atoms with Crippen LogP contribution < -0.4 is 10.2 Å². The molecule has 1 fully saturated rings. The molecular formula is C18H29N5O3. The molecule has 1 N–H and O–H groups in total. The van der Waals surface area contributed by atoms with Gasteiger partial charge in [0.1, 0.15) is 11.9 Å². The Labute approximate surface area is 154 Å². The minimum Gasteiger partial charge on any atom is -0.379 e. The molecule has 3 heterocycles. The van der Waals surface area contributed by atoms with Crippen molar-refractivity contribution in [2.24, 2.45) is 0 Å². The summed E-state index contributed by atoms with van der Waals surface area (Å²) >= 11 is 0. The second-order valence-corrected chi connectivity index (χ2v) is 6.90. The highest BCUT2D eigenvalue weighted by molar-refractivity contribution is 6.00. The minimum absolute atomic E-state index is 0.00674. The normalized spacial score (nSPS) is 19.3. The number of amides is 2. The molecule has 1 aromatic rings. The summed E-state index contributed by atoms with van der Waals surface area (Å²) in [7, 11) is 0. The van der Waals surface area contributed by atoms with E-state index in [1.165, 1.54) is 0 Å². The van der Waals surface area contributed by atoms with Crippen LogP contribution in [0.5, 0.6) is 0 Å². The monoisotopic (exact) mass is 363 g/mol. The van der Waals surface area contributed by atoms with Crippen LogP contribution in [-0.2, 0) is 20.9 Å². The summed E-state index contributed by atoms with van der Waals surface area (Å²) in [6.07, 6.45) is 1.85. The van der Waals surface area contributed by atoms with Crippen LogP contribution in [0.1, 0.15) is 31.9 Å². The number of aromatic nitrogens is 2. The second-order valence-electron chi connectivity index (χ2n) is 6.90. The standard InChI is InChI=1S/C18H29N5O3/c1-3-15(18(25)19-6-4-7-21-9-11-26-12-10-21)23-16-13-14(2)20-22(16)8-5-17(23)24/h13,15H,3-12H2,1-2H3,(H,19,25)/t15-/m0/s1. The number of anilines is 1. The summed E-state index contributed by atoms with van der Waals surface area (Å²) in [6.45, 7) is 9.48. The zero-order valence-electron chi connectivity index (χ0n) is 15.7. The van der Waals surface area contributed by atoms with Crippen molar-refractivity contribution in [1.82, 2.24) is 20.0 Å². The van der Waals surface area contributed by atoms with E-state index in [1.807, 2.05) is 24.6 Å². The van der Waals surface area contributed by atoms with E-state index >= 15 is 0 Å². The van der Waals surface area contributed by atoms with E-state index in [-0.39, 0.29) is 11.8 Å². The molecule has 0 aliphatic carbocycles. The summed E-state index contributed by atoms with van der Waals surface area (Å²) in [5.74, 6) is 0.636. The van der Waals surface area contributed by atoms with Crippen LogP contribution in [0.15, 0.2) is 6.07 Å². The number of nitrogens with one attached hydrogen (secondary N) is 1. The Kier molecular flexibility index (Phi) is 6.26. The molecule has 1 saturated heterocycles. The van der Waals surface area contributed by atoms with E-state index < -0.39 is 6.04 Å². The smallest absolute Gasteiger partial charge is 0.243 e. The number of nitrogens with zero attached hydrogens (tertiary/aromatic N) is 4. The topological polar surface area (TPSA) is 79.7 Å². The number of carbonyl (C=O) groups excluding carboxylic acids is 2. The zero-order valence-corrected chi connectivity index (χ0v) is 15.7. The number of fused-ring (bicyclic) bond motifs is 1. The van der Waals surface area contributed by atoms with E-state index in [0.717, 1.165) is 50.8 Å². The van der Waals surface area contributed by atoms with Crippen LogP contribution in [0.25, 0.3) is 0 Å². The van der Waals surface area contributed by atoms with Gasteiger partial charge in [0.05, 0.1) is 25.5 Å². The van der Waals surface area contributed by atoms with Gasteiger partial charge in [-0.15, -0.1) is 0 Å². The highest BCUT2D eigenvalue weighted by atomic mass is 16.5. The third-order valence-corrected chi connectivity index (χ3v) is 4.99. The van der Waals surface area contributed by atoms with Gasteiger partial charge in [0.15, 0.2) is 0 Å². The van der Waals surface area contributed by atoms with E-state index in [0.29, 0.717) is 25.9 Å². The number of hydrogen-bond donors (Lipinski definition) is 1. The first-order valence-electron chi connectivity index (χ1n) is 9.54. The SMILES string of the molecule is CC[C@@H](C(=O)NCCCN1CCOCC1)N1C(=O)CCn2nc(C)cc21. The Morgan fingerprint density at radius 3 is 2.85 bits per heavy atom. The molecule has 0 unspecified atom stereocenters. The van der Waals surface area contributed by atoms with Gasteiger partial charge in [-0.25, -0.2) is 4.68 Å². The fourth-order valence-electron chi connectivity index (χ4n) is 3.62. The molecule has 144 valence electrons. The van der Waals surface area contributed by atoms with Gasteiger partial charge in [0.2, 0.25) is 11.8 Å². The molecule has 2 aliphatic rings. The van der Waals surface area contributed by atoms with Crippen molar-refractivity contribution < 1.29 is 14.3 Å². The van der Waals surface area contributed by atoms with Gasteiger partial charge in [-0.3, -0.25) is 19.4 Å². The molecule has 0 aromatic carbocycles. The van der Waals surface area contributed by atoms with E-state index in [1.54, 1.807) is 4.90 Å². The lowest BCUT2D eigenvalue weighted by Crippen LogP contribution is -2.52. The highest BCUT2D eigenvalue weighted by Gasteiger charge is 2.34. The average molecular weight is 363 g/mol. The minimum atomic E-state index is -0.485. The van der Waals surface area contributed by atoms with Crippen molar-refractivity contribution in [2.75, 3.05) is 44.3 Å². The predicted molar refractivity (Wildman–Crippen MR) is 98.0 cm³/mol. The number of ether oxygens (including phenoxy) is 1. The van der Waals surface area contributed by atoms with Crippen LogP contribution in [0.2, 0.25) is 0 Å². The summed E-state index contributed by atoms with van der Waals surface area (Å²) in [4.78, 5) is 29.2. The van der Waals surface area contributed by atoms with Crippen molar-refractivity contribution in [2.45, 2.75) is 45.7 Å². The van der Waals surface area contributed by atoms with Crippen LogP contribution in [0.4, 0.5) is 5.82 Å². The first kappa shape index (κ1) is 18.8. The van der Waals surface area contributed by atoms with E-state index in [9.17, 15) is 9.59 Å². The Bertz CT molecular complexity index is 639. The van der Waals surface area contributed by atoms with Crippen LogP contribution >= 0.6 is 0 Å². The predicted octanol–water partition coefficient (Wildman–Crippen LogP) is 0.545. The molecule has 3 rings (SSSR count). The van der Waals surface area contributed by atoms with Gasteiger partial charge in [-0.05, 0) is 26.3 Å². The molecule has 0 radical (unpaired) electrons. The fourth-order valence-corrected chi connectivity index (χ4v) is 3.62. The largest absolute Gasteiger partial charge is 0.379 e. The number of morpholine rings is 1. The number of aryl methyl sites for hydroxylation is 2. The molecular weight excluding hydrogens is 334 g/mol. The molecule has 1 atom stereocenters. The zero-order chi connectivity index (χ0) is 18.5. The lowest BCUT2D eigenvalue weighted by Gasteiger charge is -2.33. The number of carbonyl (C=O) groups is 2. The molecule has 8 nitrogen and oxygen atoms in total. The molecule has 2 amide bonds. The van der Waals surface area contributed by atoms with Gasteiger partial charge in [0.25, 0.3) is 0 Å². The van der Waals surface area contributed by atoms with Gasteiger partial charge in [0, 0.05) is 32.1 Å². The maximum Gasteiger partial charge on any atom is 0.243 e. The van der Waals surface area contributed by atoms with Crippen molar-refractivity contribution in [3.8, 4) is 0 Å². The highest BCUT2D eigenvalue weighted by Crippen LogP contribution is 2.25. The average Bonchev–Trinajstić information content (AvgIpc) is 3.02. The molecule has 0 bridgehead atoms. The molecule has 1 aromatic heterocycles. The van der Waals surface area contributed by atoms with Crippen molar-refractivity contribution in [1.29, 1.82) is 0 Å². The maximum atomic E-state index is 12.7. The van der Waals surface area contributed by atoms with Crippen LogP contribution in [-0.4, -0.2) is 71.9 Å². The summed E-state index contributed by atoms with van der Waals surface area (Å²) < 4.78 is 7.17. The lowest BCUT2D eigenvalue weighted by atomic mass is 10.1. The Morgan fingerprint density at radius 1 is 1.35 bits per heavy atom. The number of hydrogen-bond acceptors (Lipinski definition) is 5. The van der Waals surface area contributed by atoms with Gasteiger partial charge in [-0.2, -0.15) is 5.10 Å². The Hall–Kier alpha value is -1.93. The maximum absolute atomic E-state index is 12.7. The van der Waals surface area contributed by atoms with E-state index in [2.05, 4.69) is 15.3 Å². The lowest BCUT2D eigenvalue weighted by molar-refractivity contribution is -0.127. The quantitative estimate of drug-likeness (QED) is 0.716. The third-order valence-electron chi connectivity index (χ3n) is 4.99. The molecule has 0 saturated carbocycles. The van der Waals surface area contributed by atoms with Gasteiger partial charge in [-0.1, -0.05) is 6.92 Å². The van der Waals surface area contributed by atoms with Gasteiger partial charge >= 0.3 is 0 Å². The van der Waals surface area contributed by atoms with Gasteiger partial charge < -0.3 is 10.1 Å². The fraction of sp³-hybridized carbons (Fsp3) is 0.722. The second kappa shape index (κ2) is 8.64. The van der Waals surface area contributed by atoms with Crippen molar-refractivity contribution >= 4 is 17.6 Å². The Morgan fingerprint density at radius 2 is 2.12 bits per heavy atom. The first-order chi connectivity index (χ1) is 12.6.